The Morgan fingerprint density at radius 1 is 1.35 bits per heavy atom. The van der Waals surface area contributed by atoms with Crippen LogP contribution in [0.5, 0.6) is 0 Å². The lowest BCUT2D eigenvalue weighted by Gasteiger charge is -2.41. The minimum atomic E-state index is -0.825. The van der Waals surface area contributed by atoms with E-state index in [1.165, 1.54) is 0 Å². The van der Waals surface area contributed by atoms with Crippen LogP contribution in [-0.4, -0.2) is 34.0 Å². The van der Waals surface area contributed by atoms with Gasteiger partial charge in [-0.25, -0.2) is 4.98 Å². The van der Waals surface area contributed by atoms with Crippen LogP contribution in [0.2, 0.25) is 0 Å². The Morgan fingerprint density at radius 2 is 2.15 bits per heavy atom. The van der Waals surface area contributed by atoms with Gasteiger partial charge in [-0.2, -0.15) is 0 Å². The Morgan fingerprint density at radius 3 is 2.92 bits per heavy atom. The summed E-state index contributed by atoms with van der Waals surface area (Å²) in [6, 6.07) is 9.99. The van der Waals surface area contributed by atoms with Crippen molar-refractivity contribution in [2.24, 2.45) is 11.8 Å². The normalized spacial score (nSPS) is 28.2. The zero-order valence-electron chi connectivity index (χ0n) is 15.2. The first-order valence-electron chi connectivity index (χ1n) is 9.63. The van der Waals surface area contributed by atoms with E-state index in [4.69, 9.17) is 0 Å². The van der Waals surface area contributed by atoms with Gasteiger partial charge >= 0.3 is 0 Å². The topological polar surface area (TPSA) is 53.4 Å². The van der Waals surface area contributed by atoms with E-state index in [-0.39, 0.29) is 11.8 Å². The van der Waals surface area contributed by atoms with Crippen molar-refractivity contribution >= 4 is 17.2 Å². The molecule has 1 N–H and O–H groups in total. The number of fused-ring (bicyclic) bond motifs is 1. The molecule has 1 saturated heterocycles. The fraction of sp³-hybridized carbons (Fsp3) is 0.524. The minimum absolute atomic E-state index is 0.0217. The second-order valence-corrected chi connectivity index (χ2v) is 8.58. The third kappa shape index (κ3) is 3.08. The second-order valence-electron chi connectivity index (χ2n) is 7.64. The van der Waals surface area contributed by atoms with Gasteiger partial charge in [0.15, 0.2) is 0 Å². The van der Waals surface area contributed by atoms with Gasteiger partial charge in [0.05, 0.1) is 10.6 Å². The highest BCUT2D eigenvalue weighted by Gasteiger charge is 2.50. The number of likely N-dealkylation sites (tertiary alicyclic amines) is 1. The van der Waals surface area contributed by atoms with Crippen LogP contribution in [0.1, 0.15) is 53.7 Å². The largest absolute Gasteiger partial charge is 0.385 e. The van der Waals surface area contributed by atoms with Crippen molar-refractivity contribution < 1.29 is 9.90 Å². The maximum absolute atomic E-state index is 12.9. The van der Waals surface area contributed by atoms with E-state index in [0.29, 0.717) is 18.2 Å². The first-order valence-corrected chi connectivity index (χ1v) is 10.5. The number of amides is 1. The van der Waals surface area contributed by atoms with E-state index < -0.39 is 5.60 Å². The van der Waals surface area contributed by atoms with Crippen LogP contribution in [0.3, 0.4) is 0 Å². The average molecular weight is 371 g/mol. The Hall–Kier alpha value is -1.72. The molecule has 5 heteroatoms. The molecule has 0 spiro atoms. The number of hydrogen-bond acceptors (Lipinski definition) is 4. The Kier molecular flexibility index (Phi) is 4.84. The van der Waals surface area contributed by atoms with E-state index in [2.05, 4.69) is 11.9 Å². The van der Waals surface area contributed by atoms with Gasteiger partial charge in [0.25, 0.3) is 5.91 Å². The molecule has 1 saturated carbocycles. The Labute approximate surface area is 158 Å². The van der Waals surface area contributed by atoms with Crippen LogP contribution < -0.4 is 0 Å². The van der Waals surface area contributed by atoms with E-state index in [9.17, 15) is 9.90 Å². The fourth-order valence-corrected chi connectivity index (χ4v) is 5.55. The lowest BCUT2D eigenvalue weighted by Crippen LogP contribution is -2.42. The number of thiazole rings is 1. The van der Waals surface area contributed by atoms with Crippen LogP contribution in [0.25, 0.3) is 0 Å². The van der Waals surface area contributed by atoms with Crippen molar-refractivity contribution in [2.45, 2.75) is 44.6 Å². The van der Waals surface area contributed by atoms with Crippen LogP contribution in [0, 0.1) is 11.8 Å². The summed E-state index contributed by atoms with van der Waals surface area (Å²) in [4.78, 5) is 19.4. The molecule has 1 amide bonds. The van der Waals surface area contributed by atoms with Crippen LogP contribution in [0.15, 0.2) is 35.7 Å². The van der Waals surface area contributed by atoms with Crippen molar-refractivity contribution in [3.63, 3.8) is 0 Å². The summed E-state index contributed by atoms with van der Waals surface area (Å²) in [6.07, 6.45) is 4.83. The van der Waals surface area contributed by atoms with E-state index >= 15 is 0 Å². The number of benzene rings is 1. The molecular formula is C21H26N2O2S. The third-order valence-electron chi connectivity index (χ3n) is 5.98. The standard InChI is InChI=1S/C21H26N2O2S/c1-2-7-19-22-18(14-26-19)20(24)23-12-15-8-6-11-21(25,17(15)13-23)16-9-4-3-5-10-16/h3-5,9-10,14-15,17,25H,2,6-8,11-13H2,1H3/t15-,17+,21+/m1/s1. The first-order chi connectivity index (χ1) is 12.6. The van der Waals surface area contributed by atoms with Crippen molar-refractivity contribution in [3.05, 3.63) is 52.0 Å². The number of hydrogen-bond donors (Lipinski definition) is 1. The molecule has 1 aromatic heterocycles. The van der Waals surface area contributed by atoms with Gasteiger partial charge in [-0.15, -0.1) is 11.3 Å². The summed E-state index contributed by atoms with van der Waals surface area (Å²) in [6.45, 7) is 3.48. The van der Waals surface area contributed by atoms with Crippen molar-refractivity contribution in [3.8, 4) is 0 Å². The predicted octanol–water partition coefficient (Wildman–Crippen LogP) is 3.86. The van der Waals surface area contributed by atoms with Crippen molar-refractivity contribution in [2.75, 3.05) is 13.1 Å². The molecular weight excluding hydrogens is 344 g/mol. The summed E-state index contributed by atoms with van der Waals surface area (Å²) in [5.41, 5.74) is 0.734. The van der Waals surface area contributed by atoms with Gasteiger partial charge in [-0.05, 0) is 43.6 Å². The van der Waals surface area contributed by atoms with Crippen LogP contribution in [0.4, 0.5) is 0 Å². The maximum atomic E-state index is 12.9. The van der Waals surface area contributed by atoms with Crippen molar-refractivity contribution in [1.29, 1.82) is 0 Å². The number of aliphatic hydroxyl groups is 1. The van der Waals surface area contributed by atoms with Crippen LogP contribution in [-0.2, 0) is 12.0 Å². The molecule has 26 heavy (non-hydrogen) atoms. The smallest absolute Gasteiger partial charge is 0.273 e. The fourth-order valence-electron chi connectivity index (χ4n) is 4.67. The number of carbonyl (C=O) groups excluding carboxylic acids is 1. The predicted molar refractivity (Wildman–Crippen MR) is 103 cm³/mol. The number of aromatic nitrogens is 1. The lowest BCUT2D eigenvalue weighted by atomic mass is 9.67. The summed E-state index contributed by atoms with van der Waals surface area (Å²) < 4.78 is 0. The zero-order valence-corrected chi connectivity index (χ0v) is 16.0. The molecule has 1 aromatic carbocycles. The van der Waals surface area contributed by atoms with Gasteiger partial charge in [-0.1, -0.05) is 37.3 Å². The SMILES string of the molecule is CCCc1nc(C(=O)N2C[C@H]3CCC[C@](O)(c4ccccc4)[C@H]3C2)cs1. The molecule has 138 valence electrons. The molecule has 1 aliphatic carbocycles. The monoisotopic (exact) mass is 370 g/mol. The molecule has 0 bridgehead atoms. The molecule has 0 radical (unpaired) electrons. The van der Waals surface area contributed by atoms with Gasteiger partial charge in [0, 0.05) is 24.4 Å². The Bertz CT molecular complexity index is 775. The lowest BCUT2D eigenvalue weighted by molar-refractivity contribution is -0.0644. The molecule has 3 atom stereocenters. The third-order valence-corrected chi connectivity index (χ3v) is 6.89. The van der Waals surface area contributed by atoms with E-state index in [0.717, 1.165) is 49.2 Å². The number of carbonyl (C=O) groups is 1. The molecule has 2 aliphatic rings. The molecule has 4 nitrogen and oxygen atoms in total. The Balaban J connectivity index is 1.54. The highest BCUT2D eigenvalue weighted by atomic mass is 32.1. The van der Waals surface area contributed by atoms with E-state index in [1.54, 1.807) is 11.3 Å². The quantitative estimate of drug-likeness (QED) is 0.889. The second kappa shape index (κ2) is 7.12. The molecule has 1 aliphatic heterocycles. The van der Waals surface area contributed by atoms with Crippen LogP contribution >= 0.6 is 11.3 Å². The summed E-state index contributed by atoms with van der Waals surface area (Å²) in [7, 11) is 0. The first kappa shape index (κ1) is 17.7. The summed E-state index contributed by atoms with van der Waals surface area (Å²) >= 11 is 1.58. The highest BCUT2D eigenvalue weighted by Crippen LogP contribution is 2.48. The van der Waals surface area contributed by atoms with Gasteiger partial charge in [-0.3, -0.25) is 4.79 Å². The van der Waals surface area contributed by atoms with Gasteiger partial charge < -0.3 is 10.0 Å². The average Bonchev–Trinajstić information content (AvgIpc) is 3.30. The van der Waals surface area contributed by atoms with Gasteiger partial charge in [0.1, 0.15) is 5.69 Å². The number of aryl methyl sites for hydroxylation is 1. The van der Waals surface area contributed by atoms with E-state index in [1.807, 2.05) is 40.6 Å². The molecule has 2 fully saturated rings. The molecule has 2 aromatic rings. The molecule has 2 heterocycles. The number of nitrogens with zero attached hydrogens (tertiary/aromatic N) is 2. The zero-order chi connectivity index (χ0) is 18.1. The summed E-state index contributed by atoms with van der Waals surface area (Å²) in [5.74, 6) is 0.497. The highest BCUT2D eigenvalue weighted by molar-refractivity contribution is 7.09. The maximum Gasteiger partial charge on any atom is 0.273 e. The molecule has 0 unspecified atom stereocenters. The molecule has 4 rings (SSSR count). The van der Waals surface area contributed by atoms with Crippen molar-refractivity contribution in [1.82, 2.24) is 9.88 Å². The summed E-state index contributed by atoms with van der Waals surface area (Å²) in [5, 5.41) is 14.4. The van der Waals surface area contributed by atoms with Gasteiger partial charge in [0.2, 0.25) is 0 Å². The minimum Gasteiger partial charge on any atom is -0.385 e. The number of rotatable bonds is 4.